The third-order valence-electron chi connectivity index (χ3n) is 2.80. The maximum atomic E-state index is 11.6. The number of nitrogens with one attached hydrogen (secondary N) is 1. The Kier molecular flexibility index (Phi) is 4.52. The minimum absolute atomic E-state index is 0.223. The smallest absolute Gasteiger partial charge is 0.329 e. The van der Waals surface area contributed by atoms with Gasteiger partial charge < -0.3 is 14.8 Å². The summed E-state index contributed by atoms with van der Waals surface area (Å²) in [5, 5.41) is 2.92. The summed E-state index contributed by atoms with van der Waals surface area (Å²) >= 11 is 0. The van der Waals surface area contributed by atoms with Gasteiger partial charge in [0.05, 0.1) is 7.11 Å². The molecule has 1 aromatic rings. The van der Waals surface area contributed by atoms with Crippen molar-refractivity contribution in [2.75, 3.05) is 20.8 Å². The molecule has 0 fully saturated rings. The maximum Gasteiger partial charge on any atom is 0.329 e. The minimum Gasteiger partial charge on any atom is -0.491 e. The Morgan fingerprint density at radius 3 is 2.59 bits per heavy atom. The average Bonchev–Trinajstić information content (AvgIpc) is 2.36. The molecule has 4 nitrogen and oxygen atoms in total. The Bertz CT molecular complexity index is 392. The maximum absolute atomic E-state index is 11.6. The molecule has 1 aromatic carbocycles. The highest BCUT2D eigenvalue weighted by Crippen LogP contribution is 2.18. The van der Waals surface area contributed by atoms with Gasteiger partial charge in [-0.05, 0) is 32.5 Å². The van der Waals surface area contributed by atoms with Gasteiger partial charge in [0.1, 0.15) is 17.9 Å². The van der Waals surface area contributed by atoms with Crippen LogP contribution in [0.4, 0.5) is 0 Å². The van der Waals surface area contributed by atoms with E-state index in [4.69, 9.17) is 9.47 Å². The lowest BCUT2D eigenvalue weighted by molar-refractivity contribution is -0.148. The molecule has 0 aliphatic rings. The van der Waals surface area contributed by atoms with Crippen molar-refractivity contribution in [3.05, 3.63) is 29.8 Å². The van der Waals surface area contributed by atoms with E-state index in [2.05, 4.69) is 5.32 Å². The minimum atomic E-state index is -0.836. The van der Waals surface area contributed by atoms with Gasteiger partial charge in [0.2, 0.25) is 0 Å². The van der Waals surface area contributed by atoms with Crippen LogP contribution in [-0.2, 0) is 9.53 Å². The van der Waals surface area contributed by atoms with Gasteiger partial charge in [-0.15, -0.1) is 0 Å². The molecule has 0 aliphatic carbocycles. The lowest BCUT2D eigenvalue weighted by atomic mass is 10.1. The summed E-state index contributed by atoms with van der Waals surface area (Å²) in [6.45, 7) is 3.93. The lowest BCUT2D eigenvalue weighted by Gasteiger charge is -2.26. The normalized spacial score (nSPS) is 13.9. The number of ether oxygens (including phenoxy) is 2. The Balaban J connectivity index is 2.72. The second-order valence-electron chi connectivity index (χ2n) is 4.13. The van der Waals surface area contributed by atoms with Crippen molar-refractivity contribution >= 4 is 5.97 Å². The van der Waals surface area contributed by atoms with Crippen LogP contribution in [0.2, 0.25) is 0 Å². The van der Waals surface area contributed by atoms with Gasteiger partial charge in [-0.1, -0.05) is 18.2 Å². The third kappa shape index (κ3) is 3.20. The van der Waals surface area contributed by atoms with Crippen molar-refractivity contribution in [3.63, 3.8) is 0 Å². The van der Waals surface area contributed by atoms with Gasteiger partial charge in [-0.3, -0.25) is 0 Å². The summed E-state index contributed by atoms with van der Waals surface area (Å²) in [6, 6.07) is 7.68. The number of hydrogen-bond donors (Lipinski definition) is 1. The van der Waals surface area contributed by atoms with Crippen molar-refractivity contribution in [2.24, 2.45) is 0 Å². The number of aryl methyl sites for hydroxylation is 1. The molecule has 0 aromatic heterocycles. The molecule has 0 bridgehead atoms. The number of carbonyl (C=O) groups excluding carboxylic acids is 1. The zero-order valence-electron chi connectivity index (χ0n) is 10.7. The summed E-state index contributed by atoms with van der Waals surface area (Å²) in [5.74, 6) is 0.437. The molecular formula is C13H19NO3. The van der Waals surface area contributed by atoms with E-state index in [0.29, 0.717) is 0 Å². The van der Waals surface area contributed by atoms with E-state index in [1.807, 2.05) is 31.2 Å². The van der Waals surface area contributed by atoms with Crippen LogP contribution in [0.1, 0.15) is 12.5 Å². The fourth-order valence-corrected chi connectivity index (χ4v) is 1.40. The highest BCUT2D eigenvalue weighted by molar-refractivity contribution is 5.80. The standard InChI is InChI=1S/C13H19NO3/c1-10-7-5-6-8-11(10)17-9-13(2,14-3)12(15)16-4/h5-8,14H,9H2,1-4H3. The molecular weight excluding hydrogens is 218 g/mol. The van der Waals surface area contributed by atoms with Crippen LogP contribution < -0.4 is 10.1 Å². The van der Waals surface area contributed by atoms with Crippen LogP contribution in [0, 0.1) is 6.92 Å². The first-order valence-electron chi connectivity index (χ1n) is 5.49. The molecule has 17 heavy (non-hydrogen) atoms. The summed E-state index contributed by atoms with van der Waals surface area (Å²) < 4.78 is 10.4. The number of carbonyl (C=O) groups is 1. The highest BCUT2D eigenvalue weighted by atomic mass is 16.5. The van der Waals surface area contributed by atoms with Gasteiger partial charge in [0.25, 0.3) is 0 Å². The van der Waals surface area contributed by atoms with Crippen molar-refractivity contribution in [1.82, 2.24) is 5.32 Å². The molecule has 4 heteroatoms. The number of methoxy groups -OCH3 is 1. The number of rotatable bonds is 5. The number of hydrogen-bond acceptors (Lipinski definition) is 4. The van der Waals surface area contributed by atoms with Gasteiger partial charge in [0.15, 0.2) is 0 Å². The predicted octanol–water partition coefficient (Wildman–Crippen LogP) is 1.52. The Morgan fingerprint density at radius 1 is 1.41 bits per heavy atom. The first kappa shape index (κ1) is 13.5. The van der Waals surface area contributed by atoms with E-state index in [0.717, 1.165) is 11.3 Å². The van der Waals surface area contributed by atoms with Crippen molar-refractivity contribution < 1.29 is 14.3 Å². The third-order valence-corrected chi connectivity index (χ3v) is 2.80. The lowest BCUT2D eigenvalue weighted by Crippen LogP contribution is -2.52. The largest absolute Gasteiger partial charge is 0.491 e. The predicted molar refractivity (Wildman–Crippen MR) is 66.2 cm³/mol. The second-order valence-corrected chi connectivity index (χ2v) is 4.13. The molecule has 0 saturated carbocycles. The van der Waals surface area contributed by atoms with E-state index < -0.39 is 5.54 Å². The molecule has 0 spiro atoms. The number of likely N-dealkylation sites (N-methyl/N-ethyl adjacent to an activating group) is 1. The number of esters is 1. The van der Waals surface area contributed by atoms with Crippen LogP contribution in [0.25, 0.3) is 0 Å². The fraction of sp³-hybridized carbons (Fsp3) is 0.462. The Morgan fingerprint density at radius 2 is 2.06 bits per heavy atom. The summed E-state index contributed by atoms with van der Waals surface area (Å²) in [4.78, 5) is 11.6. The van der Waals surface area contributed by atoms with Gasteiger partial charge >= 0.3 is 5.97 Å². The van der Waals surface area contributed by atoms with Gasteiger partial charge in [-0.25, -0.2) is 4.79 Å². The van der Waals surface area contributed by atoms with E-state index in [1.54, 1.807) is 14.0 Å². The number of benzene rings is 1. The van der Waals surface area contributed by atoms with Crippen LogP contribution in [0.5, 0.6) is 5.75 Å². The molecule has 0 aliphatic heterocycles. The summed E-state index contributed by atoms with van der Waals surface area (Å²) in [5.41, 5.74) is 0.202. The average molecular weight is 237 g/mol. The molecule has 1 N–H and O–H groups in total. The summed E-state index contributed by atoms with van der Waals surface area (Å²) in [7, 11) is 3.07. The molecule has 94 valence electrons. The van der Waals surface area contributed by atoms with Crippen molar-refractivity contribution in [3.8, 4) is 5.75 Å². The van der Waals surface area contributed by atoms with Gasteiger partial charge in [0, 0.05) is 0 Å². The highest BCUT2D eigenvalue weighted by Gasteiger charge is 2.33. The quantitative estimate of drug-likeness (QED) is 0.789. The molecule has 0 saturated heterocycles. The first-order valence-corrected chi connectivity index (χ1v) is 5.49. The van der Waals surface area contributed by atoms with E-state index >= 15 is 0 Å². The van der Waals surface area contributed by atoms with Crippen LogP contribution in [0.3, 0.4) is 0 Å². The molecule has 1 unspecified atom stereocenters. The van der Waals surface area contributed by atoms with Crippen LogP contribution >= 0.6 is 0 Å². The van der Waals surface area contributed by atoms with E-state index in [1.165, 1.54) is 7.11 Å². The topological polar surface area (TPSA) is 47.6 Å². The van der Waals surface area contributed by atoms with E-state index in [-0.39, 0.29) is 12.6 Å². The SMILES string of the molecule is CNC(C)(COc1ccccc1C)C(=O)OC. The zero-order chi connectivity index (χ0) is 12.9. The Labute approximate surface area is 102 Å². The molecule has 0 radical (unpaired) electrons. The van der Waals surface area contributed by atoms with Crippen molar-refractivity contribution in [1.29, 1.82) is 0 Å². The first-order chi connectivity index (χ1) is 8.03. The molecule has 0 amide bonds. The van der Waals surface area contributed by atoms with E-state index in [9.17, 15) is 4.79 Å². The second kappa shape index (κ2) is 5.68. The summed E-state index contributed by atoms with van der Waals surface area (Å²) in [6.07, 6.45) is 0. The van der Waals surface area contributed by atoms with Crippen molar-refractivity contribution in [2.45, 2.75) is 19.4 Å². The van der Waals surface area contributed by atoms with Gasteiger partial charge in [-0.2, -0.15) is 0 Å². The molecule has 1 atom stereocenters. The van der Waals surface area contributed by atoms with Crippen LogP contribution in [-0.4, -0.2) is 32.3 Å². The van der Waals surface area contributed by atoms with Crippen LogP contribution in [0.15, 0.2) is 24.3 Å². The zero-order valence-corrected chi connectivity index (χ0v) is 10.7. The molecule has 0 heterocycles. The number of para-hydroxylation sites is 1. The monoisotopic (exact) mass is 237 g/mol. The fourth-order valence-electron chi connectivity index (χ4n) is 1.40. The molecule has 1 rings (SSSR count). The Hall–Kier alpha value is -1.55.